The molecule has 60 heavy (non-hydrogen) atoms. The van der Waals surface area contributed by atoms with Gasteiger partial charge in [0.1, 0.15) is 41.2 Å². The van der Waals surface area contributed by atoms with Crippen LogP contribution in [-0.4, -0.2) is 114 Å². The molecule has 1 aromatic heterocycles. The van der Waals surface area contributed by atoms with Gasteiger partial charge in [-0.2, -0.15) is 5.26 Å². The van der Waals surface area contributed by atoms with Crippen LogP contribution < -0.4 is 25.0 Å². The first-order valence-electron chi connectivity index (χ1n) is 21.1. The minimum atomic E-state index is -0.639. The Morgan fingerprint density at radius 1 is 0.967 bits per heavy atom. The first-order valence-corrected chi connectivity index (χ1v) is 21.4. The molecule has 16 heteroatoms. The van der Waals surface area contributed by atoms with Crippen LogP contribution in [0.5, 0.6) is 11.5 Å². The summed E-state index contributed by atoms with van der Waals surface area (Å²) >= 11 is 6.16. The predicted molar refractivity (Wildman–Crippen MR) is 221 cm³/mol. The number of carbonyl (C=O) groups is 4. The van der Waals surface area contributed by atoms with E-state index < -0.39 is 11.9 Å². The summed E-state index contributed by atoms with van der Waals surface area (Å²) in [6.45, 7) is 4.54. The molecular weight excluding hydrogens is 788 g/mol. The maximum atomic E-state index is 13.1. The summed E-state index contributed by atoms with van der Waals surface area (Å²) in [7, 11) is 1.73. The van der Waals surface area contributed by atoms with Gasteiger partial charge in [-0.3, -0.25) is 29.4 Å². The number of piperidine rings is 2. The van der Waals surface area contributed by atoms with Crippen LogP contribution >= 0.6 is 11.6 Å². The highest BCUT2D eigenvalue weighted by molar-refractivity contribution is 6.31. The lowest BCUT2D eigenvalue weighted by Crippen LogP contribution is -2.52. The number of benzene rings is 2. The van der Waals surface area contributed by atoms with Crippen molar-refractivity contribution in [3.05, 3.63) is 76.2 Å². The Morgan fingerprint density at radius 2 is 1.72 bits per heavy atom. The van der Waals surface area contributed by atoms with Crippen molar-refractivity contribution in [1.29, 1.82) is 5.26 Å². The topological polar surface area (TPSA) is 179 Å². The van der Waals surface area contributed by atoms with E-state index in [9.17, 15) is 19.2 Å². The van der Waals surface area contributed by atoms with Crippen LogP contribution in [0.3, 0.4) is 0 Å². The van der Waals surface area contributed by atoms with E-state index in [0.717, 1.165) is 94.7 Å². The molecule has 8 rings (SSSR count). The van der Waals surface area contributed by atoms with E-state index in [-0.39, 0.29) is 42.4 Å². The van der Waals surface area contributed by atoms with Gasteiger partial charge in [-0.15, -0.1) is 0 Å². The highest BCUT2D eigenvalue weighted by atomic mass is 35.5. The number of ether oxygens (including phenoxy) is 3. The third-order valence-electron chi connectivity index (χ3n) is 12.6. The molecule has 0 unspecified atom stereocenters. The van der Waals surface area contributed by atoms with Gasteiger partial charge < -0.3 is 29.3 Å². The number of imide groups is 1. The maximum Gasteiger partial charge on any atom is 0.271 e. The van der Waals surface area contributed by atoms with Crippen molar-refractivity contribution in [3.8, 4) is 17.6 Å². The van der Waals surface area contributed by atoms with Gasteiger partial charge >= 0.3 is 0 Å². The van der Waals surface area contributed by atoms with Crippen molar-refractivity contribution in [2.24, 2.45) is 5.92 Å². The number of nitrogens with zero attached hydrogens (tertiary/aromatic N) is 6. The largest absolute Gasteiger partial charge is 0.490 e. The molecule has 1 atom stereocenters. The molecule has 0 bridgehead atoms. The van der Waals surface area contributed by atoms with Gasteiger partial charge in [-0.1, -0.05) is 11.6 Å². The van der Waals surface area contributed by atoms with Crippen LogP contribution in [0, 0.1) is 17.2 Å². The molecule has 316 valence electrons. The summed E-state index contributed by atoms with van der Waals surface area (Å²) in [5.41, 5.74) is 2.14. The SMILES string of the molecule is COCCN(CC1CCN(c2cnc(C(=O)NC3CCC(Oc4ccc(C#N)c(Cl)c4)CC3)cn2)CC1)C1CC(Oc2ccc3c(c2)CN([C@@H]2CCC(=O)NC2=O)C3=O)C1. The van der Waals surface area contributed by atoms with Gasteiger partial charge in [0.25, 0.3) is 11.8 Å². The van der Waals surface area contributed by atoms with Crippen LogP contribution in [0.2, 0.25) is 5.02 Å². The minimum Gasteiger partial charge on any atom is -0.490 e. The van der Waals surface area contributed by atoms with E-state index in [1.165, 1.54) is 0 Å². The van der Waals surface area contributed by atoms with Crippen molar-refractivity contribution >= 4 is 41.0 Å². The lowest BCUT2D eigenvalue weighted by atomic mass is 9.86. The summed E-state index contributed by atoms with van der Waals surface area (Å²) in [6, 6.07) is 12.5. The van der Waals surface area contributed by atoms with Crippen molar-refractivity contribution in [1.82, 2.24) is 30.4 Å². The number of amides is 4. The highest BCUT2D eigenvalue weighted by Crippen LogP contribution is 2.35. The number of fused-ring (bicyclic) bond motifs is 1. The van der Waals surface area contributed by atoms with Crippen molar-refractivity contribution in [2.45, 2.75) is 101 Å². The van der Waals surface area contributed by atoms with Crippen molar-refractivity contribution < 1.29 is 33.4 Å². The number of anilines is 1. The molecule has 4 fully saturated rings. The van der Waals surface area contributed by atoms with E-state index in [1.54, 1.807) is 48.7 Å². The zero-order valence-electron chi connectivity index (χ0n) is 33.8. The molecular formula is C44H51ClN8O7. The third-order valence-corrected chi connectivity index (χ3v) is 13.0. The second kappa shape index (κ2) is 18.5. The fourth-order valence-corrected chi connectivity index (χ4v) is 9.31. The summed E-state index contributed by atoms with van der Waals surface area (Å²) in [5, 5.41) is 14.9. The number of rotatable bonds is 14. The fourth-order valence-electron chi connectivity index (χ4n) is 9.09. The van der Waals surface area contributed by atoms with Crippen LogP contribution in [0.25, 0.3) is 0 Å². The van der Waals surface area contributed by atoms with Crippen molar-refractivity contribution in [2.75, 3.05) is 44.8 Å². The molecule has 2 saturated carbocycles. The Morgan fingerprint density at radius 3 is 2.42 bits per heavy atom. The molecule has 2 N–H and O–H groups in total. The zero-order chi connectivity index (χ0) is 41.8. The number of nitrogens with one attached hydrogen (secondary N) is 2. The zero-order valence-corrected chi connectivity index (χ0v) is 34.6. The van der Waals surface area contributed by atoms with E-state index in [1.807, 2.05) is 12.1 Å². The molecule has 2 saturated heterocycles. The second-order valence-electron chi connectivity index (χ2n) is 16.6. The van der Waals surface area contributed by atoms with E-state index in [0.29, 0.717) is 59.1 Å². The first-order chi connectivity index (χ1) is 29.1. The standard InChI is InChI=1S/C44H51ClN8O7/c1-58-17-16-52(31-19-35(20-31)60-33-8-9-36-29(18-33)26-53(44(36)57)39-10-11-41(54)50-43(39)56)25-27-12-14-51(15-13-27)40-24-47-38(23-48-40)42(55)49-30-3-6-32(7-4-30)59-34-5-2-28(22-46)37(45)21-34/h2,5,8-9,18,21,23-24,27,30-32,35,39H,3-4,6-7,10-17,19-20,25-26H2,1H3,(H,49,55)(H,50,54,56)/t30?,31?,32?,35?,39-/m1/s1. The van der Waals surface area contributed by atoms with E-state index >= 15 is 0 Å². The van der Waals surface area contributed by atoms with Gasteiger partial charge in [-0.05, 0) is 86.8 Å². The Kier molecular flexibility index (Phi) is 12.8. The number of hydrogen-bond acceptors (Lipinski definition) is 12. The highest BCUT2D eigenvalue weighted by Gasteiger charge is 2.40. The molecule has 2 aliphatic carbocycles. The number of halogens is 1. The normalized spacial score (nSPS) is 24.4. The summed E-state index contributed by atoms with van der Waals surface area (Å²) in [5.74, 6) is 1.54. The van der Waals surface area contributed by atoms with Gasteiger partial charge in [0, 0.05) is 82.8 Å². The smallest absolute Gasteiger partial charge is 0.271 e. The summed E-state index contributed by atoms with van der Waals surface area (Å²) < 4.78 is 18.0. The second-order valence-corrected chi connectivity index (χ2v) is 17.0. The maximum absolute atomic E-state index is 13.1. The minimum absolute atomic E-state index is 0.0199. The fraction of sp³-hybridized carbons (Fsp3) is 0.523. The monoisotopic (exact) mass is 838 g/mol. The van der Waals surface area contributed by atoms with Crippen LogP contribution in [0.15, 0.2) is 48.8 Å². The van der Waals surface area contributed by atoms with Crippen molar-refractivity contribution in [3.63, 3.8) is 0 Å². The van der Waals surface area contributed by atoms with E-state index in [4.69, 9.17) is 31.1 Å². The number of methoxy groups -OCH3 is 1. The quantitative estimate of drug-likeness (QED) is 0.215. The number of nitriles is 1. The number of aromatic nitrogens is 2. The number of hydrogen-bond donors (Lipinski definition) is 2. The molecule has 3 aliphatic heterocycles. The van der Waals surface area contributed by atoms with Gasteiger partial charge in [-0.25, -0.2) is 9.97 Å². The molecule has 5 aliphatic rings. The Balaban J connectivity index is 0.759. The van der Waals surface area contributed by atoms with Crippen LogP contribution in [-0.2, 0) is 20.9 Å². The summed E-state index contributed by atoms with van der Waals surface area (Å²) in [4.78, 5) is 65.7. The Labute approximate surface area is 354 Å². The Hall–Kier alpha value is -5.30. The Bertz CT molecular complexity index is 2110. The van der Waals surface area contributed by atoms with Gasteiger partial charge in [0.2, 0.25) is 11.8 Å². The van der Waals surface area contributed by atoms with Gasteiger partial charge in [0.15, 0.2) is 0 Å². The first kappa shape index (κ1) is 41.4. The molecule has 0 radical (unpaired) electrons. The van der Waals surface area contributed by atoms with Crippen LogP contribution in [0.4, 0.5) is 5.82 Å². The lowest BCUT2D eigenvalue weighted by Gasteiger charge is -2.45. The van der Waals surface area contributed by atoms with Crippen LogP contribution in [0.1, 0.15) is 96.2 Å². The summed E-state index contributed by atoms with van der Waals surface area (Å²) in [6.07, 6.45) is 10.9. The molecule has 0 spiro atoms. The van der Waals surface area contributed by atoms with E-state index in [2.05, 4.69) is 36.5 Å². The molecule has 4 heterocycles. The predicted octanol–water partition coefficient (Wildman–Crippen LogP) is 4.66. The molecule has 3 aromatic rings. The molecule has 4 amide bonds. The average Bonchev–Trinajstić information content (AvgIpc) is 3.56. The van der Waals surface area contributed by atoms with Gasteiger partial charge in [0.05, 0.1) is 35.7 Å². The molecule has 15 nitrogen and oxygen atoms in total. The lowest BCUT2D eigenvalue weighted by molar-refractivity contribution is -0.136. The molecule has 2 aromatic carbocycles. The third kappa shape index (κ3) is 9.51. The average molecular weight is 839 g/mol. The number of carbonyl (C=O) groups excluding carboxylic acids is 4.